The van der Waals surface area contributed by atoms with Crippen LogP contribution in [0.25, 0.3) is 11.4 Å². The number of hydrogen-bond donors (Lipinski definition) is 1. The summed E-state index contributed by atoms with van der Waals surface area (Å²) in [6.07, 6.45) is 0.707. The Morgan fingerprint density at radius 3 is 2.64 bits per heavy atom. The number of para-hydroxylation sites is 2. The molecule has 2 aromatic carbocycles. The van der Waals surface area contributed by atoms with E-state index in [1.54, 1.807) is 32.2 Å². The number of nitrogens with zero attached hydrogens (tertiary/aromatic N) is 3. The van der Waals surface area contributed by atoms with E-state index in [2.05, 4.69) is 20.3 Å². The summed E-state index contributed by atoms with van der Waals surface area (Å²) < 4.78 is 36.8. The Morgan fingerprint density at radius 1 is 1.18 bits per heavy atom. The number of halogens is 3. The van der Waals surface area contributed by atoms with Gasteiger partial charge in [0.25, 0.3) is 0 Å². The van der Waals surface area contributed by atoms with Crippen LogP contribution in [-0.4, -0.2) is 46.2 Å². The van der Waals surface area contributed by atoms with Crippen molar-refractivity contribution in [3.63, 3.8) is 0 Å². The largest absolute Gasteiger partial charge is 0.433 e. The molecule has 0 aliphatic carbocycles. The van der Waals surface area contributed by atoms with E-state index < -0.39 is 17.8 Å². The number of anilines is 1. The molecule has 0 radical (unpaired) electrons. The van der Waals surface area contributed by atoms with Gasteiger partial charge < -0.3 is 19.4 Å². The van der Waals surface area contributed by atoms with E-state index in [0.29, 0.717) is 35.6 Å². The van der Waals surface area contributed by atoms with Gasteiger partial charge in [-0.25, -0.2) is 0 Å². The minimum atomic E-state index is -3.00. The van der Waals surface area contributed by atoms with Gasteiger partial charge in [-0.2, -0.15) is 8.78 Å². The number of carbonyl (C=O) groups excluding carboxylic acids is 1. The van der Waals surface area contributed by atoms with Gasteiger partial charge in [0.2, 0.25) is 5.91 Å². The van der Waals surface area contributed by atoms with E-state index >= 15 is 0 Å². The van der Waals surface area contributed by atoms with Crippen LogP contribution in [0.5, 0.6) is 5.75 Å². The number of thioether (sulfide) groups is 1. The molecule has 1 unspecified atom stereocenters. The predicted octanol–water partition coefficient (Wildman–Crippen LogP) is 5.36. The molecule has 11 heteroatoms. The number of hydrogen-bond acceptors (Lipinski definition) is 6. The molecule has 0 spiro atoms. The number of carbonyl (C=O) groups is 1. The summed E-state index contributed by atoms with van der Waals surface area (Å²) in [6.45, 7) is -0.201. The highest BCUT2D eigenvalue weighted by molar-refractivity contribution is 8.00. The zero-order valence-corrected chi connectivity index (χ0v) is 19.6. The van der Waals surface area contributed by atoms with Gasteiger partial charge in [-0.05, 0) is 37.6 Å². The second-order valence-electron chi connectivity index (χ2n) is 6.91. The van der Waals surface area contributed by atoms with Gasteiger partial charge in [0.05, 0.1) is 16.0 Å². The van der Waals surface area contributed by atoms with Gasteiger partial charge >= 0.3 is 6.61 Å². The maximum Gasteiger partial charge on any atom is 0.387 e. The van der Waals surface area contributed by atoms with Crippen molar-refractivity contribution < 1.29 is 23.0 Å². The molecule has 0 aliphatic rings. The summed E-state index contributed by atoms with van der Waals surface area (Å²) in [5.41, 5.74) is 0.889. The van der Waals surface area contributed by atoms with Crippen LogP contribution >= 0.6 is 23.4 Å². The summed E-state index contributed by atoms with van der Waals surface area (Å²) in [7, 11) is 1.62. The molecule has 0 aliphatic heterocycles. The highest BCUT2D eigenvalue weighted by atomic mass is 35.5. The average Bonchev–Trinajstić information content (AvgIpc) is 3.17. The fourth-order valence-corrected chi connectivity index (χ4v) is 4.10. The molecule has 0 saturated heterocycles. The summed E-state index contributed by atoms with van der Waals surface area (Å²) >= 11 is 7.56. The zero-order valence-electron chi connectivity index (χ0n) is 18.0. The molecule has 0 fully saturated rings. The van der Waals surface area contributed by atoms with Gasteiger partial charge in [-0.1, -0.05) is 47.6 Å². The van der Waals surface area contributed by atoms with Crippen LogP contribution in [0.3, 0.4) is 0 Å². The Morgan fingerprint density at radius 2 is 1.91 bits per heavy atom. The monoisotopic (exact) mass is 496 g/mol. The van der Waals surface area contributed by atoms with E-state index in [-0.39, 0.29) is 11.4 Å². The lowest BCUT2D eigenvalue weighted by Gasteiger charge is -2.16. The summed E-state index contributed by atoms with van der Waals surface area (Å²) in [5, 5.41) is 11.7. The summed E-state index contributed by atoms with van der Waals surface area (Å²) in [5.74, 6) is 0.0836. The number of nitrogens with one attached hydrogen (secondary N) is 1. The third kappa shape index (κ3) is 6.66. The fourth-order valence-electron chi connectivity index (χ4n) is 3.00. The Bertz CT molecular complexity index is 1080. The number of alkyl halides is 2. The number of amides is 1. The normalized spacial score (nSPS) is 12.1. The van der Waals surface area contributed by atoms with Crippen molar-refractivity contribution in [2.45, 2.75) is 36.9 Å². The van der Waals surface area contributed by atoms with Crippen LogP contribution in [0, 0.1) is 0 Å². The lowest BCUT2D eigenvalue weighted by molar-refractivity contribution is -0.115. The molecule has 33 heavy (non-hydrogen) atoms. The first-order valence-corrected chi connectivity index (χ1v) is 11.3. The van der Waals surface area contributed by atoms with Crippen LogP contribution < -0.4 is 10.1 Å². The molecular weight excluding hydrogens is 474 g/mol. The molecule has 3 aromatic rings. The second-order valence-corrected chi connectivity index (χ2v) is 8.62. The molecule has 1 aromatic heterocycles. The fraction of sp³-hybridized carbons (Fsp3) is 0.318. The molecule has 7 nitrogen and oxygen atoms in total. The molecular formula is C22H23ClF2N4O3S. The third-order valence-corrected chi connectivity index (χ3v) is 5.98. The van der Waals surface area contributed by atoms with Crippen molar-refractivity contribution in [1.29, 1.82) is 0 Å². The Kier molecular flexibility index (Phi) is 9.04. The minimum absolute atomic E-state index is 0.109. The van der Waals surface area contributed by atoms with Gasteiger partial charge in [-0.3, -0.25) is 4.79 Å². The van der Waals surface area contributed by atoms with Crippen molar-refractivity contribution in [2.75, 3.05) is 19.0 Å². The number of methoxy groups -OCH3 is 1. The van der Waals surface area contributed by atoms with Gasteiger partial charge in [0, 0.05) is 25.8 Å². The van der Waals surface area contributed by atoms with Gasteiger partial charge in [0.15, 0.2) is 11.0 Å². The van der Waals surface area contributed by atoms with E-state index in [1.165, 1.54) is 23.9 Å². The first-order valence-electron chi connectivity index (χ1n) is 10.1. The number of rotatable bonds is 11. The molecule has 1 heterocycles. The molecule has 1 amide bonds. The average molecular weight is 497 g/mol. The Labute approximate surface area is 199 Å². The van der Waals surface area contributed by atoms with Crippen LogP contribution in [0.4, 0.5) is 14.5 Å². The number of benzene rings is 2. The van der Waals surface area contributed by atoms with Gasteiger partial charge in [0.1, 0.15) is 5.75 Å². The lowest BCUT2D eigenvalue weighted by atomic mass is 10.2. The molecule has 3 rings (SSSR count). The molecule has 1 atom stereocenters. The first-order chi connectivity index (χ1) is 15.9. The standard InChI is InChI=1S/C22H23ClF2N4O3S/c1-14(20(30)26-17-10-5-6-11-18(17)32-21(24)25)33-22-28-27-19(29(22)12-7-13-31-2)15-8-3-4-9-16(15)23/h3-6,8-11,14,21H,7,12-13H2,1-2H3,(H,26,30). The summed E-state index contributed by atoms with van der Waals surface area (Å²) in [6, 6.07) is 13.3. The number of aromatic nitrogens is 3. The van der Waals surface area contributed by atoms with Crippen molar-refractivity contribution in [1.82, 2.24) is 14.8 Å². The highest BCUT2D eigenvalue weighted by Crippen LogP contribution is 2.32. The second kappa shape index (κ2) is 12.0. The predicted molar refractivity (Wildman–Crippen MR) is 124 cm³/mol. The lowest BCUT2D eigenvalue weighted by Crippen LogP contribution is -2.23. The first kappa shape index (κ1) is 24.9. The highest BCUT2D eigenvalue weighted by Gasteiger charge is 2.23. The quantitative estimate of drug-likeness (QED) is 0.284. The van der Waals surface area contributed by atoms with Crippen molar-refractivity contribution in [3.8, 4) is 17.1 Å². The molecule has 0 bridgehead atoms. The van der Waals surface area contributed by atoms with E-state index in [4.69, 9.17) is 16.3 Å². The van der Waals surface area contributed by atoms with Gasteiger partial charge in [-0.15, -0.1) is 10.2 Å². The number of ether oxygens (including phenoxy) is 2. The Hall–Kier alpha value is -2.69. The zero-order chi connectivity index (χ0) is 23.8. The minimum Gasteiger partial charge on any atom is -0.433 e. The molecule has 0 saturated carbocycles. The van der Waals surface area contributed by atoms with Crippen molar-refractivity contribution in [2.24, 2.45) is 0 Å². The van der Waals surface area contributed by atoms with Crippen LogP contribution in [-0.2, 0) is 16.1 Å². The van der Waals surface area contributed by atoms with E-state index in [9.17, 15) is 13.6 Å². The SMILES string of the molecule is COCCCn1c(SC(C)C(=O)Nc2ccccc2OC(F)F)nnc1-c1ccccc1Cl. The van der Waals surface area contributed by atoms with Crippen molar-refractivity contribution in [3.05, 3.63) is 53.6 Å². The van der Waals surface area contributed by atoms with Crippen LogP contribution in [0.2, 0.25) is 5.02 Å². The van der Waals surface area contributed by atoms with Crippen LogP contribution in [0.1, 0.15) is 13.3 Å². The third-order valence-electron chi connectivity index (χ3n) is 4.57. The Balaban J connectivity index is 1.79. The van der Waals surface area contributed by atoms with E-state index in [1.807, 2.05) is 22.8 Å². The maximum atomic E-state index is 12.8. The van der Waals surface area contributed by atoms with Crippen molar-refractivity contribution >= 4 is 35.0 Å². The van der Waals surface area contributed by atoms with Crippen LogP contribution in [0.15, 0.2) is 53.7 Å². The molecule has 176 valence electrons. The topological polar surface area (TPSA) is 78.3 Å². The van der Waals surface area contributed by atoms with E-state index in [0.717, 1.165) is 5.56 Å². The maximum absolute atomic E-state index is 12.8. The molecule has 1 N–H and O–H groups in total. The summed E-state index contributed by atoms with van der Waals surface area (Å²) in [4.78, 5) is 12.8. The smallest absolute Gasteiger partial charge is 0.387 e.